The lowest BCUT2D eigenvalue weighted by Crippen LogP contribution is -2.00. The summed E-state index contributed by atoms with van der Waals surface area (Å²) >= 11 is 0. The summed E-state index contributed by atoms with van der Waals surface area (Å²) in [4.78, 5) is 0. The van der Waals surface area contributed by atoms with Crippen molar-refractivity contribution >= 4 is 65.4 Å². The van der Waals surface area contributed by atoms with E-state index < -0.39 is 0 Å². The molecule has 0 radical (unpaired) electrons. The molecule has 5 heteroatoms. The molecule has 0 atom stereocenters. The average molecular weight is 700 g/mol. The fourth-order valence-corrected chi connectivity index (χ4v) is 8.76. The van der Waals surface area contributed by atoms with Crippen molar-refractivity contribution < 1.29 is 0 Å². The lowest BCUT2D eigenvalue weighted by atomic mass is 10.0. The van der Waals surface area contributed by atoms with E-state index in [2.05, 4.69) is 159 Å². The van der Waals surface area contributed by atoms with Crippen LogP contribution in [0.2, 0.25) is 0 Å². The van der Waals surface area contributed by atoms with Crippen LogP contribution in [0.4, 0.5) is 0 Å². The third kappa shape index (κ3) is 4.45. The molecule has 5 nitrogen and oxygen atoms in total. The molecule has 0 aliphatic heterocycles. The Morgan fingerprint density at radius 3 is 1.49 bits per heavy atom. The Morgan fingerprint density at radius 2 is 0.873 bits per heavy atom. The molecular weight excluding hydrogens is 671 g/mol. The first-order valence-electron chi connectivity index (χ1n) is 18.3. The second kappa shape index (κ2) is 11.8. The van der Waals surface area contributed by atoms with Gasteiger partial charge in [-0.2, -0.15) is 10.5 Å². The van der Waals surface area contributed by atoms with Crippen molar-refractivity contribution in [1.82, 2.24) is 13.7 Å². The Kier molecular flexibility index (Phi) is 6.61. The zero-order valence-corrected chi connectivity index (χ0v) is 29.5. The van der Waals surface area contributed by atoms with Gasteiger partial charge in [0.1, 0.15) is 6.07 Å². The molecule has 0 spiro atoms. The van der Waals surface area contributed by atoms with Crippen LogP contribution in [0.25, 0.3) is 93.6 Å². The molecule has 0 amide bonds. The second-order valence-corrected chi connectivity index (χ2v) is 14.0. The van der Waals surface area contributed by atoms with Gasteiger partial charge in [0.2, 0.25) is 0 Å². The Hall–Kier alpha value is -7.86. The van der Waals surface area contributed by atoms with Gasteiger partial charge in [-0.15, -0.1) is 0 Å². The zero-order chi connectivity index (χ0) is 36.6. The summed E-state index contributed by atoms with van der Waals surface area (Å²) in [7, 11) is 0. The molecule has 0 unspecified atom stereocenters. The van der Waals surface area contributed by atoms with E-state index in [1.54, 1.807) is 0 Å². The summed E-state index contributed by atoms with van der Waals surface area (Å²) in [6, 6.07) is 66.0. The van der Waals surface area contributed by atoms with Crippen LogP contribution in [0.3, 0.4) is 0 Å². The summed E-state index contributed by atoms with van der Waals surface area (Å²) in [5.74, 6) is 0. The summed E-state index contributed by atoms with van der Waals surface area (Å²) in [6.07, 6.45) is 0. The zero-order valence-electron chi connectivity index (χ0n) is 29.5. The fraction of sp³-hybridized carbons (Fsp3) is 0. The van der Waals surface area contributed by atoms with Gasteiger partial charge in [-0.25, -0.2) is 0 Å². The van der Waals surface area contributed by atoms with Gasteiger partial charge < -0.3 is 13.7 Å². The summed E-state index contributed by atoms with van der Waals surface area (Å²) in [5.41, 5.74) is 12.6. The number of hydrogen-bond donors (Lipinski definition) is 0. The number of para-hydroxylation sites is 5. The molecule has 55 heavy (non-hydrogen) atoms. The van der Waals surface area contributed by atoms with Gasteiger partial charge in [-0.05, 0) is 78.4 Å². The van der Waals surface area contributed by atoms with E-state index in [0.29, 0.717) is 11.1 Å². The first-order valence-corrected chi connectivity index (χ1v) is 18.3. The molecule has 11 rings (SSSR count). The number of aromatic nitrogens is 3. The lowest BCUT2D eigenvalue weighted by molar-refractivity contribution is 1.16. The molecule has 0 N–H and O–H groups in total. The van der Waals surface area contributed by atoms with Crippen LogP contribution in [-0.4, -0.2) is 13.7 Å². The summed E-state index contributed by atoms with van der Waals surface area (Å²) in [5, 5.41) is 27.2. The quantitative estimate of drug-likeness (QED) is 0.184. The molecule has 8 aromatic carbocycles. The normalized spacial score (nSPS) is 11.6. The van der Waals surface area contributed by atoms with E-state index in [1.165, 1.54) is 32.6 Å². The topological polar surface area (TPSA) is 62.4 Å². The highest BCUT2D eigenvalue weighted by molar-refractivity contribution is 6.13. The van der Waals surface area contributed by atoms with Crippen LogP contribution in [0.15, 0.2) is 176 Å². The molecule has 0 saturated heterocycles. The molecule has 0 aliphatic rings. The van der Waals surface area contributed by atoms with E-state index in [-0.39, 0.29) is 0 Å². The Balaban J connectivity index is 1.09. The monoisotopic (exact) mass is 699 g/mol. The Bertz CT molecular complexity index is 3400. The maximum absolute atomic E-state index is 10.2. The van der Waals surface area contributed by atoms with E-state index in [0.717, 1.165) is 61.0 Å². The average Bonchev–Trinajstić information content (AvgIpc) is 3.89. The van der Waals surface area contributed by atoms with Gasteiger partial charge >= 0.3 is 0 Å². The van der Waals surface area contributed by atoms with Crippen molar-refractivity contribution in [2.45, 2.75) is 0 Å². The van der Waals surface area contributed by atoms with Gasteiger partial charge in [0.05, 0.1) is 56.0 Å². The number of nitrogens with zero attached hydrogens (tertiary/aromatic N) is 5. The maximum atomic E-state index is 10.2. The third-order valence-electron chi connectivity index (χ3n) is 11.1. The number of rotatable bonds is 4. The minimum atomic E-state index is 0.557. The summed E-state index contributed by atoms with van der Waals surface area (Å²) in [6.45, 7) is 0. The highest BCUT2D eigenvalue weighted by Gasteiger charge is 2.20. The Morgan fingerprint density at radius 1 is 0.364 bits per heavy atom. The van der Waals surface area contributed by atoms with Crippen LogP contribution < -0.4 is 0 Å². The molecule has 0 saturated carbocycles. The van der Waals surface area contributed by atoms with Crippen LogP contribution >= 0.6 is 0 Å². The van der Waals surface area contributed by atoms with E-state index >= 15 is 0 Å². The predicted octanol–water partition coefficient (Wildman–Crippen LogP) is 12.4. The van der Waals surface area contributed by atoms with E-state index in [9.17, 15) is 10.5 Å². The van der Waals surface area contributed by atoms with Crippen LogP contribution in [0.5, 0.6) is 0 Å². The summed E-state index contributed by atoms with van der Waals surface area (Å²) < 4.78 is 6.86. The standard InChI is InChI=1S/C50H29N5/c51-30-32-20-26-37(49(28-32)55-47-19-8-3-13-40(47)42-15-9-10-34(31-52)50(42)55)33-21-23-35(24-22-33)53-46-18-7-4-14-41(46)43-29-36(25-27-48(43)53)54-44-16-5-1-11-38(44)39-12-2-6-17-45(39)54/h1-29H. The molecule has 0 fully saturated rings. The van der Waals surface area contributed by atoms with Crippen molar-refractivity contribution in [3.8, 4) is 40.3 Å². The van der Waals surface area contributed by atoms with Gasteiger partial charge in [0.25, 0.3) is 0 Å². The van der Waals surface area contributed by atoms with Gasteiger partial charge in [0.15, 0.2) is 0 Å². The Labute approximate surface area is 316 Å². The number of benzene rings is 8. The highest BCUT2D eigenvalue weighted by Crippen LogP contribution is 2.40. The lowest BCUT2D eigenvalue weighted by Gasteiger charge is -2.16. The van der Waals surface area contributed by atoms with Crippen molar-refractivity contribution in [3.63, 3.8) is 0 Å². The molecule has 11 aromatic rings. The molecule has 0 aliphatic carbocycles. The fourth-order valence-electron chi connectivity index (χ4n) is 8.76. The van der Waals surface area contributed by atoms with Crippen molar-refractivity contribution in [2.24, 2.45) is 0 Å². The third-order valence-corrected chi connectivity index (χ3v) is 11.1. The number of nitriles is 2. The molecular formula is C50H29N5. The predicted molar refractivity (Wildman–Crippen MR) is 224 cm³/mol. The van der Waals surface area contributed by atoms with Gasteiger partial charge in [-0.3, -0.25) is 0 Å². The minimum absolute atomic E-state index is 0.557. The number of hydrogen-bond acceptors (Lipinski definition) is 2. The molecule has 3 heterocycles. The first kappa shape index (κ1) is 30.7. The highest BCUT2D eigenvalue weighted by atomic mass is 15.0. The van der Waals surface area contributed by atoms with Crippen LogP contribution in [0.1, 0.15) is 11.1 Å². The smallest absolute Gasteiger partial charge is 0.101 e. The van der Waals surface area contributed by atoms with Crippen molar-refractivity contribution in [3.05, 3.63) is 187 Å². The number of fused-ring (bicyclic) bond motifs is 9. The van der Waals surface area contributed by atoms with E-state index in [4.69, 9.17) is 0 Å². The second-order valence-electron chi connectivity index (χ2n) is 14.0. The molecule has 0 bridgehead atoms. The van der Waals surface area contributed by atoms with Crippen LogP contribution in [-0.2, 0) is 0 Å². The molecule has 254 valence electrons. The largest absolute Gasteiger partial charge is 0.309 e. The van der Waals surface area contributed by atoms with Crippen LogP contribution in [0, 0.1) is 22.7 Å². The van der Waals surface area contributed by atoms with Crippen molar-refractivity contribution in [1.29, 1.82) is 10.5 Å². The SMILES string of the molecule is N#Cc1ccc(-c2ccc(-n3c4ccccc4c4cc(-n5c6ccccc6c6ccccc65)ccc43)cc2)c(-n2c3ccccc3c3cccc(C#N)c32)c1. The van der Waals surface area contributed by atoms with Crippen molar-refractivity contribution in [2.75, 3.05) is 0 Å². The van der Waals surface area contributed by atoms with E-state index in [1.807, 2.05) is 42.5 Å². The minimum Gasteiger partial charge on any atom is -0.309 e. The maximum Gasteiger partial charge on any atom is 0.101 e. The van der Waals surface area contributed by atoms with Gasteiger partial charge in [-0.1, -0.05) is 103 Å². The van der Waals surface area contributed by atoms with Gasteiger partial charge in [0, 0.05) is 49.3 Å². The first-order chi connectivity index (χ1) is 27.2. The molecule has 3 aromatic heterocycles.